The molecule has 1 saturated heterocycles. The van der Waals surface area contributed by atoms with Crippen LogP contribution in [0, 0.1) is 5.92 Å². The lowest BCUT2D eigenvalue weighted by molar-refractivity contribution is -0.113. The predicted molar refractivity (Wildman–Crippen MR) is 133 cm³/mol. The Kier molecular flexibility index (Phi) is 6.64. The van der Waals surface area contributed by atoms with Crippen molar-refractivity contribution in [2.45, 2.75) is 51.3 Å². The number of thioether (sulfide) groups is 1. The van der Waals surface area contributed by atoms with Crippen LogP contribution in [0.25, 0.3) is 10.2 Å². The minimum atomic E-state index is -0.0824. The second kappa shape index (κ2) is 9.62. The zero-order chi connectivity index (χ0) is 22.1. The van der Waals surface area contributed by atoms with Crippen LogP contribution >= 0.6 is 34.4 Å². The normalized spacial score (nSPS) is 18.8. The number of carbonyl (C=O) groups is 1. The molecule has 7 nitrogen and oxygen atoms in total. The van der Waals surface area contributed by atoms with Crippen LogP contribution in [0.2, 0.25) is 0 Å². The van der Waals surface area contributed by atoms with E-state index in [1.54, 1.807) is 11.3 Å². The van der Waals surface area contributed by atoms with Gasteiger partial charge >= 0.3 is 0 Å². The second-order valence-corrected chi connectivity index (χ2v) is 11.6. The van der Waals surface area contributed by atoms with Crippen LogP contribution in [0.15, 0.2) is 10.2 Å². The molecule has 1 aliphatic heterocycles. The quantitative estimate of drug-likeness (QED) is 0.521. The summed E-state index contributed by atoms with van der Waals surface area (Å²) in [6.07, 6.45) is 5.70. The molecular formula is C22H27N5O2S3. The Hall–Kier alpha value is -1.75. The molecule has 2 aliphatic rings. The SMILES string of the molecule is CC1CCCN(Cc2csc(NC(=O)CSCc3nc4sc5c(c4c(=O)[nH]3)CCC5)n2)C1. The largest absolute Gasteiger partial charge is 0.309 e. The Bertz CT molecular complexity index is 1180. The highest BCUT2D eigenvalue weighted by atomic mass is 32.2. The molecule has 1 fully saturated rings. The molecule has 3 aromatic rings. The van der Waals surface area contributed by atoms with Gasteiger partial charge in [0.05, 0.1) is 22.6 Å². The lowest BCUT2D eigenvalue weighted by Crippen LogP contribution is -2.33. The second-order valence-electron chi connectivity index (χ2n) is 8.72. The number of aromatic amines is 1. The molecule has 1 amide bonds. The Balaban J connectivity index is 1.12. The smallest absolute Gasteiger partial charge is 0.259 e. The molecular weight excluding hydrogens is 462 g/mol. The number of nitrogens with one attached hydrogen (secondary N) is 2. The maximum Gasteiger partial charge on any atom is 0.259 e. The Morgan fingerprint density at radius 1 is 1.34 bits per heavy atom. The first-order chi connectivity index (χ1) is 15.5. The number of piperidine rings is 1. The van der Waals surface area contributed by atoms with Gasteiger partial charge in [0.1, 0.15) is 10.7 Å². The zero-order valence-corrected chi connectivity index (χ0v) is 20.6. The molecule has 1 atom stereocenters. The summed E-state index contributed by atoms with van der Waals surface area (Å²) in [5, 5.41) is 6.35. The number of hydrogen-bond donors (Lipinski definition) is 2. The highest BCUT2D eigenvalue weighted by Crippen LogP contribution is 2.34. The van der Waals surface area contributed by atoms with Gasteiger partial charge in [-0.3, -0.25) is 14.5 Å². The number of aryl methyl sites for hydroxylation is 2. The minimum absolute atomic E-state index is 0.0483. The molecule has 1 unspecified atom stereocenters. The van der Waals surface area contributed by atoms with Gasteiger partial charge in [-0.05, 0) is 50.1 Å². The molecule has 0 spiro atoms. The van der Waals surface area contributed by atoms with Crippen LogP contribution in [-0.4, -0.2) is 44.6 Å². The number of hydrogen-bond acceptors (Lipinski definition) is 8. The maximum atomic E-state index is 12.5. The van der Waals surface area contributed by atoms with Crippen molar-refractivity contribution < 1.29 is 4.79 Å². The Morgan fingerprint density at radius 2 is 2.25 bits per heavy atom. The lowest BCUT2D eigenvalue weighted by atomic mass is 10.0. The minimum Gasteiger partial charge on any atom is -0.309 e. The zero-order valence-electron chi connectivity index (χ0n) is 18.1. The van der Waals surface area contributed by atoms with Crippen LogP contribution in [0.5, 0.6) is 0 Å². The predicted octanol–water partition coefficient (Wildman–Crippen LogP) is 4.03. The molecule has 32 heavy (non-hydrogen) atoms. The topological polar surface area (TPSA) is 91.0 Å². The molecule has 0 radical (unpaired) electrons. The third kappa shape index (κ3) is 4.93. The average Bonchev–Trinajstić information content (AvgIpc) is 3.44. The summed E-state index contributed by atoms with van der Waals surface area (Å²) < 4.78 is 0. The van der Waals surface area contributed by atoms with Crippen molar-refractivity contribution in [2.24, 2.45) is 5.92 Å². The molecule has 1 aliphatic carbocycles. The van der Waals surface area contributed by atoms with E-state index in [1.165, 1.54) is 46.4 Å². The van der Waals surface area contributed by atoms with Crippen molar-refractivity contribution in [3.8, 4) is 0 Å². The fourth-order valence-corrected chi connectivity index (χ4v) is 7.30. The number of amides is 1. The average molecular weight is 490 g/mol. The first-order valence-corrected chi connectivity index (χ1v) is 14.0. The van der Waals surface area contributed by atoms with Gasteiger partial charge in [0.15, 0.2) is 5.13 Å². The number of likely N-dealkylation sites (tertiary alicyclic amines) is 1. The third-order valence-electron chi connectivity index (χ3n) is 6.02. The summed E-state index contributed by atoms with van der Waals surface area (Å²) in [5.41, 5.74) is 2.16. The number of anilines is 1. The number of thiophene rings is 1. The van der Waals surface area contributed by atoms with Crippen LogP contribution in [0.3, 0.4) is 0 Å². The van der Waals surface area contributed by atoms with Crippen molar-refractivity contribution in [3.63, 3.8) is 0 Å². The standard InChI is InChI=1S/C22H27N5O2S3/c1-13-4-3-7-27(8-13)9-14-10-31-22(23-14)26-18(28)12-30-11-17-24-20(29)19-15-5-2-6-16(15)32-21(19)25-17/h10,13H,2-9,11-12H2,1H3,(H,23,26,28)(H,24,25,29). The van der Waals surface area contributed by atoms with Crippen LogP contribution in [-0.2, 0) is 29.9 Å². The van der Waals surface area contributed by atoms with E-state index in [-0.39, 0.29) is 11.5 Å². The number of carbonyl (C=O) groups excluding carboxylic acids is 1. The molecule has 0 saturated carbocycles. The third-order valence-corrected chi connectivity index (χ3v) is 8.96. The molecule has 5 rings (SSSR count). The van der Waals surface area contributed by atoms with E-state index < -0.39 is 0 Å². The van der Waals surface area contributed by atoms with E-state index in [9.17, 15) is 9.59 Å². The van der Waals surface area contributed by atoms with Gasteiger partial charge in [0.2, 0.25) is 5.91 Å². The van der Waals surface area contributed by atoms with Gasteiger partial charge in [-0.2, -0.15) is 0 Å². The van der Waals surface area contributed by atoms with Gasteiger partial charge in [-0.1, -0.05) is 6.92 Å². The van der Waals surface area contributed by atoms with E-state index in [0.717, 1.165) is 60.7 Å². The fourth-order valence-electron chi connectivity index (χ4n) is 4.61. The molecule has 0 bridgehead atoms. The Morgan fingerprint density at radius 3 is 3.12 bits per heavy atom. The first-order valence-electron chi connectivity index (χ1n) is 11.1. The van der Waals surface area contributed by atoms with Gasteiger partial charge < -0.3 is 10.3 Å². The molecule has 10 heteroatoms. The summed E-state index contributed by atoms with van der Waals surface area (Å²) >= 11 is 4.56. The van der Waals surface area contributed by atoms with Gasteiger partial charge in [-0.25, -0.2) is 9.97 Å². The number of nitrogens with zero attached hydrogens (tertiary/aromatic N) is 3. The number of aromatic nitrogens is 3. The fraction of sp³-hybridized carbons (Fsp3) is 0.545. The molecule has 4 heterocycles. The maximum absolute atomic E-state index is 12.5. The summed E-state index contributed by atoms with van der Waals surface area (Å²) in [4.78, 5) is 41.6. The van der Waals surface area contributed by atoms with Crippen molar-refractivity contribution >= 4 is 55.7 Å². The van der Waals surface area contributed by atoms with Gasteiger partial charge in [0, 0.05) is 23.3 Å². The Labute approximate surface area is 199 Å². The molecule has 3 aromatic heterocycles. The number of fused-ring (bicyclic) bond motifs is 3. The summed E-state index contributed by atoms with van der Waals surface area (Å²) in [6, 6.07) is 0. The van der Waals surface area contributed by atoms with Crippen LogP contribution in [0.1, 0.15) is 48.1 Å². The van der Waals surface area contributed by atoms with E-state index in [4.69, 9.17) is 0 Å². The van der Waals surface area contributed by atoms with Crippen molar-refractivity contribution in [1.29, 1.82) is 0 Å². The summed E-state index contributed by atoms with van der Waals surface area (Å²) in [7, 11) is 0. The van der Waals surface area contributed by atoms with Gasteiger partial charge in [0.25, 0.3) is 5.56 Å². The lowest BCUT2D eigenvalue weighted by Gasteiger charge is -2.30. The van der Waals surface area contributed by atoms with E-state index >= 15 is 0 Å². The number of H-pyrrole nitrogens is 1. The van der Waals surface area contributed by atoms with Crippen LogP contribution in [0.4, 0.5) is 5.13 Å². The summed E-state index contributed by atoms with van der Waals surface area (Å²) in [6.45, 7) is 5.38. The van der Waals surface area contributed by atoms with Crippen molar-refractivity contribution in [2.75, 3.05) is 24.2 Å². The monoisotopic (exact) mass is 489 g/mol. The first kappa shape index (κ1) is 22.1. The number of rotatable bonds is 7. The molecule has 2 N–H and O–H groups in total. The van der Waals surface area contributed by atoms with E-state index in [0.29, 0.717) is 22.5 Å². The van der Waals surface area contributed by atoms with Gasteiger partial charge in [-0.15, -0.1) is 34.4 Å². The van der Waals surface area contributed by atoms with E-state index in [1.807, 2.05) is 5.38 Å². The van der Waals surface area contributed by atoms with Crippen molar-refractivity contribution in [3.05, 3.63) is 37.7 Å². The van der Waals surface area contributed by atoms with E-state index in [2.05, 4.69) is 32.1 Å². The molecule has 0 aromatic carbocycles. The van der Waals surface area contributed by atoms with Crippen LogP contribution < -0.4 is 10.9 Å². The highest BCUT2D eigenvalue weighted by molar-refractivity contribution is 7.99. The molecule has 170 valence electrons. The number of thiazole rings is 1. The van der Waals surface area contributed by atoms with Crippen molar-refractivity contribution in [1.82, 2.24) is 19.9 Å². The highest BCUT2D eigenvalue weighted by Gasteiger charge is 2.21. The summed E-state index contributed by atoms with van der Waals surface area (Å²) in [5.74, 6) is 2.08.